The Bertz CT molecular complexity index is 413. The van der Waals surface area contributed by atoms with Crippen molar-refractivity contribution in [3.8, 4) is 0 Å². The molecule has 0 saturated heterocycles. The van der Waals surface area contributed by atoms with Crippen molar-refractivity contribution in [1.29, 1.82) is 0 Å². The Balaban J connectivity index is 1.74. The summed E-state index contributed by atoms with van der Waals surface area (Å²) < 4.78 is 10.8. The molecule has 1 saturated carbocycles. The summed E-state index contributed by atoms with van der Waals surface area (Å²) in [5.41, 5.74) is 0.783. The van der Waals surface area contributed by atoms with Gasteiger partial charge in [0.25, 0.3) is 0 Å². The molecule has 1 amide bonds. The molecule has 20 heavy (non-hydrogen) atoms. The number of rotatable bonds is 5. The van der Waals surface area contributed by atoms with Crippen LogP contribution in [0.15, 0.2) is 30.3 Å². The second-order valence-electron chi connectivity index (χ2n) is 5.36. The highest BCUT2D eigenvalue weighted by Crippen LogP contribution is 2.30. The van der Waals surface area contributed by atoms with E-state index in [1.807, 2.05) is 30.3 Å². The lowest BCUT2D eigenvalue weighted by molar-refractivity contribution is -0.0373. The van der Waals surface area contributed by atoms with Gasteiger partial charge in [-0.15, -0.1) is 0 Å². The van der Waals surface area contributed by atoms with Crippen LogP contribution in [0.1, 0.15) is 37.7 Å². The van der Waals surface area contributed by atoms with E-state index in [9.17, 15) is 4.79 Å². The molecule has 1 N–H and O–H groups in total. The molecule has 110 valence electrons. The van der Waals surface area contributed by atoms with Crippen LogP contribution < -0.4 is 5.32 Å². The molecule has 1 fully saturated rings. The van der Waals surface area contributed by atoms with Gasteiger partial charge in [0.15, 0.2) is 0 Å². The van der Waals surface area contributed by atoms with E-state index in [-0.39, 0.29) is 11.7 Å². The number of carbonyl (C=O) groups is 1. The van der Waals surface area contributed by atoms with Crippen molar-refractivity contribution in [2.45, 2.75) is 44.3 Å². The first-order chi connectivity index (χ1) is 9.74. The van der Waals surface area contributed by atoms with Gasteiger partial charge in [-0.25, -0.2) is 4.79 Å². The summed E-state index contributed by atoms with van der Waals surface area (Å²) in [6.45, 7) is 0.823. The highest BCUT2D eigenvalue weighted by atomic mass is 16.5. The normalized spacial score (nSPS) is 17.4. The Labute approximate surface area is 120 Å². The molecular weight excluding hydrogens is 254 g/mol. The summed E-state index contributed by atoms with van der Waals surface area (Å²) >= 11 is 0. The van der Waals surface area contributed by atoms with Gasteiger partial charge >= 0.3 is 6.09 Å². The molecule has 0 radical (unpaired) electrons. The zero-order valence-electron chi connectivity index (χ0n) is 12.1. The summed E-state index contributed by atoms with van der Waals surface area (Å²) in [7, 11) is 1.72. The van der Waals surface area contributed by atoms with Crippen LogP contribution in [-0.4, -0.2) is 25.3 Å². The zero-order valence-corrected chi connectivity index (χ0v) is 12.1. The summed E-state index contributed by atoms with van der Waals surface area (Å²) in [6, 6.07) is 9.67. The summed E-state index contributed by atoms with van der Waals surface area (Å²) in [5, 5.41) is 2.83. The van der Waals surface area contributed by atoms with Gasteiger partial charge in [-0.1, -0.05) is 49.6 Å². The first kappa shape index (κ1) is 14.9. The van der Waals surface area contributed by atoms with Crippen molar-refractivity contribution >= 4 is 6.09 Å². The number of nitrogens with one attached hydrogen (secondary N) is 1. The van der Waals surface area contributed by atoms with Crippen molar-refractivity contribution in [1.82, 2.24) is 5.32 Å². The summed E-state index contributed by atoms with van der Waals surface area (Å²) in [6.07, 6.45) is 5.20. The maximum atomic E-state index is 11.7. The first-order valence-corrected chi connectivity index (χ1v) is 7.24. The third-order valence-electron chi connectivity index (χ3n) is 3.97. The predicted octanol–water partition coefficient (Wildman–Crippen LogP) is 3.26. The van der Waals surface area contributed by atoms with Crippen molar-refractivity contribution in [2.24, 2.45) is 0 Å². The predicted molar refractivity (Wildman–Crippen MR) is 77.5 cm³/mol. The summed E-state index contributed by atoms with van der Waals surface area (Å²) in [5.74, 6) is 0. The minimum Gasteiger partial charge on any atom is -0.445 e. The molecule has 0 atom stereocenters. The van der Waals surface area contributed by atoms with Crippen LogP contribution in [0.4, 0.5) is 4.79 Å². The van der Waals surface area contributed by atoms with Crippen LogP contribution in [0, 0.1) is 0 Å². The molecule has 0 bridgehead atoms. The molecule has 1 aliphatic rings. The Kier molecular flexibility index (Phi) is 5.41. The molecule has 0 spiro atoms. The van der Waals surface area contributed by atoms with E-state index in [0.717, 1.165) is 31.2 Å². The molecule has 0 aromatic heterocycles. The van der Waals surface area contributed by atoms with Gasteiger partial charge in [-0.3, -0.25) is 0 Å². The van der Waals surface area contributed by atoms with Gasteiger partial charge in [-0.05, 0) is 18.4 Å². The fourth-order valence-electron chi connectivity index (χ4n) is 2.66. The molecule has 1 aromatic carbocycles. The number of amides is 1. The standard InChI is InChI=1S/C16H23NO3/c1-19-16(10-6-3-7-11-16)13-17-15(18)20-12-14-8-4-2-5-9-14/h2,4-5,8-9H,3,6-7,10-13H2,1H3,(H,17,18). The van der Waals surface area contributed by atoms with Crippen LogP contribution in [-0.2, 0) is 16.1 Å². The number of ether oxygens (including phenoxy) is 2. The van der Waals surface area contributed by atoms with Crippen molar-refractivity contribution < 1.29 is 14.3 Å². The zero-order chi connectivity index (χ0) is 14.3. The molecule has 0 heterocycles. The molecular formula is C16H23NO3. The second kappa shape index (κ2) is 7.29. The largest absolute Gasteiger partial charge is 0.445 e. The number of methoxy groups -OCH3 is 1. The van der Waals surface area contributed by atoms with E-state index in [4.69, 9.17) is 9.47 Å². The fraction of sp³-hybridized carbons (Fsp3) is 0.562. The van der Waals surface area contributed by atoms with E-state index in [2.05, 4.69) is 5.32 Å². The minimum atomic E-state index is -0.379. The van der Waals surface area contributed by atoms with E-state index in [1.54, 1.807) is 7.11 Å². The Morgan fingerprint density at radius 3 is 2.55 bits per heavy atom. The molecule has 1 aromatic rings. The van der Waals surface area contributed by atoms with Crippen LogP contribution in [0.2, 0.25) is 0 Å². The van der Waals surface area contributed by atoms with Gasteiger partial charge in [0.1, 0.15) is 6.61 Å². The number of alkyl carbamates (subject to hydrolysis) is 1. The topological polar surface area (TPSA) is 47.6 Å². The monoisotopic (exact) mass is 277 g/mol. The lowest BCUT2D eigenvalue weighted by atomic mass is 9.84. The number of benzene rings is 1. The van der Waals surface area contributed by atoms with Crippen molar-refractivity contribution in [3.63, 3.8) is 0 Å². The smallest absolute Gasteiger partial charge is 0.407 e. The highest BCUT2D eigenvalue weighted by Gasteiger charge is 2.32. The molecule has 0 unspecified atom stereocenters. The Morgan fingerprint density at radius 1 is 1.20 bits per heavy atom. The van der Waals surface area contributed by atoms with Crippen LogP contribution in [0.3, 0.4) is 0 Å². The Morgan fingerprint density at radius 2 is 1.90 bits per heavy atom. The van der Waals surface area contributed by atoms with Crippen molar-refractivity contribution in [2.75, 3.05) is 13.7 Å². The summed E-state index contributed by atoms with van der Waals surface area (Å²) in [4.78, 5) is 11.7. The molecule has 0 aliphatic heterocycles. The van der Waals surface area contributed by atoms with E-state index < -0.39 is 0 Å². The molecule has 2 rings (SSSR count). The maximum Gasteiger partial charge on any atom is 0.407 e. The van der Waals surface area contributed by atoms with E-state index in [0.29, 0.717) is 13.2 Å². The van der Waals surface area contributed by atoms with Gasteiger partial charge in [0.2, 0.25) is 0 Å². The average molecular weight is 277 g/mol. The first-order valence-electron chi connectivity index (χ1n) is 7.24. The highest BCUT2D eigenvalue weighted by molar-refractivity contribution is 5.67. The quantitative estimate of drug-likeness (QED) is 0.898. The van der Waals surface area contributed by atoms with Crippen LogP contribution in [0.5, 0.6) is 0 Å². The second-order valence-corrected chi connectivity index (χ2v) is 5.36. The number of hydrogen-bond donors (Lipinski definition) is 1. The molecule has 1 aliphatic carbocycles. The lowest BCUT2D eigenvalue weighted by Gasteiger charge is -2.35. The van der Waals surface area contributed by atoms with E-state index >= 15 is 0 Å². The van der Waals surface area contributed by atoms with Gasteiger partial charge in [0.05, 0.1) is 5.60 Å². The fourth-order valence-corrected chi connectivity index (χ4v) is 2.66. The minimum absolute atomic E-state index is 0.204. The lowest BCUT2D eigenvalue weighted by Crippen LogP contribution is -2.45. The number of hydrogen-bond acceptors (Lipinski definition) is 3. The molecule has 4 nitrogen and oxygen atoms in total. The SMILES string of the molecule is COC1(CNC(=O)OCc2ccccc2)CCCCC1. The number of carbonyl (C=O) groups excluding carboxylic acids is 1. The van der Waals surface area contributed by atoms with Crippen LogP contribution in [0.25, 0.3) is 0 Å². The average Bonchev–Trinajstić information content (AvgIpc) is 2.53. The Hall–Kier alpha value is -1.55. The third-order valence-corrected chi connectivity index (χ3v) is 3.97. The molecule has 4 heteroatoms. The van der Waals surface area contributed by atoms with Gasteiger partial charge in [0, 0.05) is 13.7 Å². The van der Waals surface area contributed by atoms with Gasteiger partial charge in [-0.2, -0.15) is 0 Å². The maximum absolute atomic E-state index is 11.7. The van der Waals surface area contributed by atoms with Gasteiger partial charge < -0.3 is 14.8 Å². The van der Waals surface area contributed by atoms with E-state index in [1.165, 1.54) is 6.42 Å². The van der Waals surface area contributed by atoms with Crippen LogP contribution >= 0.6 is 0 Å². The van der Waals surface area contributed by atoms with Crippen molar-refractivity contribution in [3.05, 3.63) is 35.9 Å². The third kappa shape index (κ3) is 4.23.